The Morgan fingerprint density at radius 2 is 1.55 bits per heavy atom. The van der Waals surface area contributed by atoms with Crippen molar-refractivity contribution in [2.45, 2.75) is 9.79 Å². The molecule has 2 aromatic rings. The highest BCUT2D eigenvalue weighted by Crippen LogP contribution is 2.34. The summed E-state index contributed by atoms with van der Waals surface area (Å²) in [5.74, 6) is -1.40. The molecule has 0 heterocycles. The number of non-ortho nitro benzene ring substituents is 1. The highest BCUT2D eigenvalue weighted by molar-refractivity contribution is 7.99. The fourth-order valence-electron chi connectivity index (χ4n) is 1.79. The van der Waals surface area contributed by atoms with Crippen LogP contribution in [0.3, 0.4) is 0 Å². The third kappa shape index (κ3) is 3.23. The largest absolute Gasteiger partial charge is 0.366 e. The Bertz CT molecular complexity index is 776. The van der Waals surface area contributed by atoms with Crippen LogP contribution in [0.15, 0.2) is 52.3 Å². The standard InChI is InChI=1S/C14H11N3O4S/c15-13(18)9-3-1-2-4-11(9)22-12-6-5-8(17(20)21)7-10(12)14(16)19/h1-7H,(H2,15,18)(H2,16,19). The molecule has 0 spiro atoms. The van der Waals surface area contributed by atoms with Crippen molar-refractivity contribution in [2.24, 2.45) is 11.5 Å². The van der Waals surface area contributed by atoms with Crippen molar-refractivity contribution in [1.29, 1.82) is 0 Å². The fraction of sp³-hybridized carbons (Fsp3) is 0. The summed E-state index contributed by atoms with van der Waals surface area (Å²) < 4.78 is 0. The molecule has 4 N–H and O–H groups in total. The van der Waals surface area contributed by atoms with Crippen LogP contribution in [-0.4, -0.2) is 16.7 Å². The zero-order valence-electron chi connectivity index (χ0n) is 11.2. The summed E-state index contributed by atoms with van der Waals surface area (Å²) in [6, 6.07) is 10.4. The van der Waals surface area contributed by atoms with Crippen molar-refractivity contribution in [2.75, 3.05) is 0 Å². The number of nitrogens with zero attached hydrogens (tertiary/aromatic N) is 1. The molecule has 0 aliphatic heterocycles. The van der Waals surface area contributed by atoms with Crippen molar-refractivity contribution in [1.82, 2.24) is 0 Å². The lowest BCUT2D eigenvalue weighted by Crippen LogP contribution is -2.13. The van der Waals surface area contributed by atoms with Crippen LogP contribution in [0.25, 0.3) is 0 Å². The third-order valence-corrected chi connectivity index (χ3v) is 3.96. The maximum Gasteiger partial charge on any atom is 0.270 e. The molecule has 0 aliphatic carbocycles. The predicted molar refractivity (Wildman–Crippen MR) is 80.7 cm³/mol. The van der Waals surface area contributed by atoms with Gasteiger partial charge in [-0.1, -0.05) is 23.9 Å². The van der Waals surface area contributed by atoms with Gasteiger partial charge >= 0.3 is 0 Å². The van der Waals surface area contributed by atoms with Gasteiger partial charge < -0.3 is 11.5 Å². The van der Waals surface area contributed by atoms with Crippen molar-refractivity contribution < 1.29 is 14.5 Å². The molecule has 22 heavy (non-hydrogen) atoms. The van der Waals surface area contributed by atoms with E-state index >= 15 is 0 Å². The second-order valence-corrected chi connectivity index (χ2v) is 5.35. The minimum Gasteiger partial charge on any atom is -0.366 e. The first-order chi connectivity index (χ1) is 10.4. The molecule has 0 aromatic heterocycles. The quantitative estimate of drug-likeness (QED) is 0.643. The molecule has 0 unspecified atom stereocenters. The lowest BCUT2D eigenvalue weighted by Gasteiger charge is -2.09. The Morgan fingerprint density at radius 3 is 2.14 bits per heavy atom. The van der Waals surface area contributed by atoms with Crippen LogP contribution in [0.4, 0.5) is 5.69 Å². The van der Waals surface area contributed by atoms with Crippen LogP contribution in [0.2, 0.25) is 0 Å². The number of rotatable bonds is 5. The molecule has 2 amide bonds. The Labute approximate surface area is 129 Å². The van der Waals surface area contributed by atoms with E-state index in [1.165, 1.54) is 12.1 Å². The van der Waals surface area contributed by atoms with Gasteiger partial charge in [0.1, 0.15) is 0 Å². The zero-order valence-corrected chi connectivity index (χ0v) is 12.0. The van der Waals surface area contributed by atoms with Crippen molar-refractivity contribution in [3.8, 4) is 0 Å². The van der Waals surface area contributed by atoms with E-state index in [1.807, 2.05) is 0 Å². The number of amides is 2. The van der Waals surface area contributed by atoms with Gasteiger partial charge in [0.25, 0.3) is 5.69 Å². The van der Waals surface area contributed by atoms with Crippen molar-refractivity contribution in [3.05, 3.63) is 63.7 Å². The number of hydrogen-bond acceptors (Lipinski definition) is 5. The molecular formula is C14H11N3O4S. The van der Waals surface area contributed by atoms with Crippen LogP contribution in [0, 0.1) is 10.1 Å². The van der Waals surface area contributed by atoms with E-state index in [0.717, 1.165) is 17.8 Å². The van der Waals surface area contributed by atoms with Gasteiger partial charge in [-0.25, -0.2) is 0 Å². The zero-order chi connectivity index (χ0) is 16.3. The topological polar surface area (TPSA) is 129 Å². The van der Waals surface area contributed by atoms with Crippen molar-refractivity contribution in [3.63, 3.8) is 0 Å². The number of primary amides is 2. The highest BCUT2D eigenvalue weighted by Gasteiger charge is 2.17. The van der Waals surface area contributed by atoms with Gasteiger partial charge in [-0.05, 0) is 18.2 Å². The molecule has 8 heteroatoms. The molecule has 0 saturated carbocycles. The molecule has 0 atom stereocenters. The molecule has 0 radical (unpaired) electrons. The number of hydrogen-bond donors (Lipinski definition) is 2. The van der Waals surface area contributed by atoms with Gasteiger partial charge in [0, 0.05) is 21.9 Å². The third-order valence-electron chi connectivity index (χ3n) is 2.81. The number of nitrogens with two attached hydrogens (primary N) is 2. The summed E-state index contributed by atoms with van der Waals surface area (Å²) in [6.45, 7) is 0. The Kier molecular flexibility index (Phi) is 4.42. The normalized spacial score (nSPS) is 10.2. The second kappa shape index (κ2) is 6.27. The SMILES string of the molecule is NC(=O)c1ccccc1Sc1ccc([N+](=O)[O-])cc1C(N)=O. The molecule has 7 nitrogen and oxygen atoms in total. The highest BCUT2D eigenvalue weighted by atomic mass is 32.2. The molecule has 0 aliphatic rings. The first-order valence-electron chi connectivity index (χ1n) is 6.05. The summed E-state index contributed by atoms with van der Waals surface area (Å²) in [6.07, 6.45) is 0. The number of carbonyl (C=O) groups is 2. The lowest BCUT2D eigenvalue weighted by atomic mass is 10.2. The summed E-state index contributed by atoms with van der Waals surface area (Å²) in [5.41, 5.74) is 10.6. The second-order valence-electron chi connectivity index (χ2n) is 4.26. The number of nitro groups is 1. The van der Waals surface area contributed by atoms with E-state index in [1.54, 1.807) is 24.3 Å². The van der Waals surface area contributed by atoms with Gasteiger partial charge in [-0.3, -0.25) is 19.7 Å². The molecule has 0 bridgehead atoms. The summed E-state index contributed by atoms with van der Waals surface area (Å²) in [7, 11) is 0. The monoisotopic (exact) mass is 317 g/mol. The van der Waals surface area contributed by atoms with E-state index in [9.17, 15) is 19.7 Å². The summed E-state index contributed by atoms with van der Waals surface area (Å²) in [5, 5.41) is 10.8. The van der Waals surface area contributed by atoms with E-state index in [2.05, 4.69) is 0 Å². The molecule has 2 rings (SSSR count). The molecule has 0 fully saturated rings. The first-order valence-corrected chi connectivity index (χ1v) is 6.86. The van der Waals surface area contributed by atoms with E-state index in [0.29, 0.717) is 15.4 Å². The number of nitro benzene ring substituents is 1. The van der Waals surface area contributed by atoms with Crippen LogP contribution in [0.5, 0.6) is 0 Å². The van der Waals surface area contributed by atoms with Crippen LogP contribution >= 0.6 is 11.8 Å². The molecule has 2 aromatic carbocycles. The minimum absolute atomic E-state index is 0.0125. The summed E-state index contributed by atoms with van der Waals surface area (Å²) >= 11 is 1.09. The van der Waals surface area contributed by atoms with Gasteiger partial charge in [-0.15, -0.1) is 0 Å². The van der Waals surface area contributed by atoms with Crippen LogP contribution in [0.1, 0.15) is 20.7 Å². The first kappa shape index (κ1) is 15.5. The lowest BCUT2D eigenvalue weighted by molar-refractivity contribution is -0.384. The van der Waals surface area contributed by atoms with Gasteiger partial charge in [0.05, 0.1) is 16.1 Å². The van der Waals surface area contributed by atoms with Gasteiger partial charge in [-0.2, -0.15) is 0 Å². The van der Waals surface area contributed by atoms with E-state index in [4.69, 9.17) is 11.5 Å². The van der Waals surface area contributed by atoms with Gasteiger partial charge in [0.2, 0.25) is 11.8 Å². The maximum atomic E-state index is 11.5. The fourth-order valence-corrected chi connectivity index (χ4v) is 2.86. The molecular weight excluding hydrogens is 306 g/mol. The summed E-state index contributed by atoms with van der Waals surface area (Å²) in [4.78, 5) is 34.0. The van der Waals surface area contributed by atoms with Crippen LogP contribution < -0.4 is 11.5 Å². The van der Waals surface area contributed by atoms with Crippen LogP contribution in [-0.2, 0) is 0 Å². The van der Waals surface area contributed by atoms with E-state index < -0.39 is 16.7 Å². The number of benzene rings is 2. The van der Waals surface area contributed by atoms with Gasteiger partial charge in [0.15, 0.2) is 0 Å². The molecule has 112 valence electrons. The minimum atomic E-state index is -0.789. The Morgan fingerprint density at radius 1 is 0.955 bits per heavy atom. The number of carbonyl (C=O) groups excluding carboxylic acids is 2. The molecule has 0 saturated heterocycles. The maximum absolute atomic E-state index is 11.5. The Balaban J connectivity index is 2.48. The van der Waals surface area contributed by atoms with Crippen molar-refractivity contribution >= 4 is 29.3 Å². The van der Waals surface area contributed by atoms with E-state index in [-0.39, 0.29) is 11.3 Å². The average molecular weight is 317 g/mol. The Hall–Kier alpha value is -2.87. The average Bonchev–Trinajstić information content (AvgIpc) is 2.47. The smallest absolute Gasteiger partial charge is 0.270 e. The predicted octanol–water partition coefficient (Wildman–Crippen LogP) is 1.94.